The number of esters is 2. The van der Waals surface area contributed by atoms with Gasteiger partial charge in [-0.15, -0.1) is 11.3 Å². The van der Waals surface area contributed by atoms with E-state index in [2.05, 4.69) is 11.7 Å². The fourth-order valence-corrected chi connectivity index (χ4v) is 6.02. The monoisotopic (exact) mass is 535 g/mol. The molecule has 7 nitrogen and oxygen atoms in total. The number of benzene rings is 1. The molecule has 0 radical (unpaired) electrons. The highest BCUT2D eigenvalue weighted by Crippen LogP contribution is 2.47. The summed E-state index contributed by atoms with van der Waals surface area (Å²) in [5.74, 6) is -1.13. The van der Waals surface area contributed by atoms with E-state index in [4.69, 9.17) is 14.0 Å². The van der Waals surface area contributed by atoms with Crippen molar-refractivity contribution in [1.29, 1.82) is 0 Å². The van der Waals surface area contributed by atoms with E-state index < -0.39 is 44.7 Å². The lowest BCUT2D eigenvalue weighted by Gasteiger charge is -2.23. The molecule has 12 heteroatoms. The molecule has 0 amide bonds. The predicted octanol–water partition coefficient (Wildman–Crippen LogP) is 6.23. The van der Waals surface area contributed by atoms with Gasteiger partial charge in [-0.2, -0.15) is 13.2 Å². The number of fused-ring (bicyclic) bond motifs is 1. The molecule has 0 aliphatic carbocycles. The molecule has 2 atom stereocenters. The first-order valence-electron chi connectivity index (χ1n) is 11.0. The molecular weight excluding hydrogens is 506 g/mol. The second kappa shape index (κ2) is 13.2. The molecule has 35 heavy (non-hydrogen) atoms. The van der Waals surface area contributed by atoms with Crippen LogP contribution in [0.25, 0.3) is 10.1 Å². The second-order valence-corrected chi connectivity index (χ2v) is 11.0. The number of carbonyl (C=O) groups is 2. The molecule has 194 valence electrons. The number of thiophene rings is 1. The second-order valence-electron chi connectivity index (χ2n) is 7.77. The third-order valence-electron chi connectivity index (χ3n) is 4.60. The molecule has 2 aromatic rings. The Labute approximate surface area is 206 Å². The van der Waals surface area contributed by atoms with Gasteiger partial charge in [0.2, 0.25) is 0 Å². The molecule has 1 aromatic heterocycles. The quantitative estimate of drug-likeness (QED) is 0.133. The van der Waals surface area contributed by atoms with Crippen molar-refractivity contribution >= 4 is 40.9 Å². The van der Waals surface area contributed by atoms with Crippen LogP contribution in [0.3, 0.4) is 0 Å². The lowest BCUT2D eigenvalue weighted by Crippen LogP contribution is -2.34. The maximum Gasteiger partial charge on any atom is 0.389 e. The van der Waals surface area contributed by atoms with Crippen LogP contribution in [0.15, 0.2) is 36.9 Å². The van der Waals surface area contributed by atoms with Crippen LogP contribution in [0.2, 0.25) is 0 Å². The molecule has 0 aliphatic rings. The smallest absolute Gasteiger partial charge is 0.389 e. The summed E-state index contributed by atoms with van der Waals surface area (Å²) in [6.45, 7) is 6.64. The average molecular weight is 536 g/mol. The van der Waals surface area contributed by atoms with Crippen molar-refractivity contribution in [3.63, 3.8) is 0 Å². The Morgan fingerprint density at radius 3 is 2.63 bits per heavy atom. The summed E-state index contributed by atoms with van der Waals surface area (Å²) in [5.41, 5.74) is 0.557. The minimum absolute atomic E-state index is 0.0811. The summed E-state index contributed by atoms with van der Waals surface area (Å²) in [5, 5.41) is 3.35. The number of alkyl halides is 3. The molecule has 0 saturated carbocycles. The first-order chi connectivity index (χ1) is 16.5. The summed E-state index contributed by atoms with van der Waals surface area (Å²) in [6.07, 6.45) is -3.91. The lowest BCUT2D eigenvalue weighted by molar-refractivity contribution is -0.145. The zero-order valence-corrected chi connectivity index (χ0v) is 21.3. The maximum absolute atomic E-state index is 13.6. The third kappa shape index (κ3) is 9.76. The van der Waals surface area contributed by atoms with E-state index in [-0.39, 0.29) is 25.8 Å². The molecule has 0 bridgehead atoms. The first-order valence-corrected chi connectivity index (χ1v) is 13.6. The summed E-state index contributed by atoms with van der Waals surface area (Å²) < 4.78 is 67.3. The molecule has 0 saturated heterocycles. The predicted molar refractivity (Wildman–Crippen MR) is 129 cm³/mol. The Morgan fingerprint density at radius 1 is 1.23 bits per heavy atom. The lowest BCUT2D eigenvalue weighted by atomic mass is 10.2. The fraction of sp³-hybridized carbons (Fsp3) is 0.478. The van der Waals surface area contributed by atoms with Crippen molar-refractivity contribution in [1.82, 2.24) is 5.09 Å². The SMILES string of the molecule is C=CCOC(=O)c1cc2cc(CP(=O)(N[C@@H](C)C(=O)OCCC)OCCCC(F)(F)F)ccc2s1. The van der Waals surface area contributed by atoms with Gasteiger partial charge >= 0.3 is 18.1 Å². The van der Waals surface area contributed by atoms with Crippen LogP contribution < -0.4 is 5.09 Å². The van der Waals surface area contributed by atoms with E-state index in [9.17, 15) is 27.3 Å². The molecule has 0 aliphatic heterocycles. The van der Waals surface area contributed by atoms with Crippen molar-refractivity contribution < 1.29 is 41.3 Å². The van der Waals surface area contributed by atoms with Crippen molar-refractivity contribution in [2.24, 2.45) is 0 Å². The fourth-order valence-electron chi connectivity index (χ4n) is 3.03. The topological polar surface area (TPSA) is 90.9 Å². The van der Waals surface area contributed by atoms with Gasteiger partial charge in [0.05, 0.1) is 19.4 Å². The Morgan fingerprint density at radius 2 is 1.97 bits per heavy atom. The molecule has 1 unspecified atom stereocenters. The van der Waals surface area contributed by atoms with E-state index in [0.717, 1.165) is 4.70 Å². The maximum atomic E-state index is 13.6. The Kier molecular flexibility index (Phi) is 11.0. The number of hydrogen-bond donors (Lipinski definition) is 1. The number of rotatable bonds is 14. The van der Waals surface area contributed by atoms with Crippen LogP contribution in [0, 0.1) is 0 Å². The van der Waals surface area contributed by atoms with Gasteiger partial charge in [0, 0.05) is 11.1 Å². The molecule has 0 spiro atoms. The Hall–Kier alpha value is -2.20. The number of halogens is 3. The van der Waals surface area contributed by atoms with E-state index in [1.807, 2.05) is 6.92 Å². The van der Waals surface area contributed by atoms with Crippen molar-refractivity contribution in [3.8, 4) is 0 Å². The summed E-state index contributed by atoms with van der Waals surface area (Å²) in [7, 11) is -3.79. The Bertz CT molecular complexity index is 1070. The molecule has 1 aromatic carbocycles. The molecule has 1 N–H and O–H groups in total. The van der Waals surface area contributed by atoms with Crippen molar-refractivity contribution in [2.45, 2.75) is 51.5 Å². The van der Waals surface area contributed by atoms with Gasteiger partial charge in [-0.1, -0.05) is 25.6 Å². The van der Waals surface area contributed by atoms with Gasteiger partial charge in [0.25, 0.3) is 7.52 Å². The van der Waals surface area contributed by atoms with Gasteiger partial charge in [0.15, 0.2) is 0 Å². The van der Waals surface area contributed by atoms with Crippen LogP contribution in [0.1, 0.15) is 48.3 Å². The van der Waals surface area contributed by atoms with Gasteiger partial charge in [-0.25, -0.2) is 9.88 Å². The van der Waals surface area contributed by atoms with E-state index in [0.29, 0.717) is 22.2 Å². The standard InChI is InChI=1S/C23H29F3NO6PS/c1-4-10-31-21(28)16(3)27-34(30,33-12-6-9-23(24,25)26)15-17-7-8-19-18(13-17)14-20(35-19)22(29)32-11-5-2/h5,7-8,13-14,16H,2,4,6,9-12,15H2,1,3H3,(H,27,30)/t16-,34?/m0/s1. The van der Waals surface area contributed by atoms with E-state index in [1.165, 1.54) is 24.3 Å². The Balaban J connectivity index is 2.19. The van der Waals surface area contributed by atoms with Crippen LogP contribution >= 0.6 is 18.9 Å². The average Bonchev–Trinajstić information content (AvgIpc) is 3.21. The van der Waals surface area contributed by atoms with E-state index >= 15 is 0 Å². The third-order valence-corrected chi connectivity index (χ3v) is 7.86. The van der Waals surface area contributed by atoms with Crippen LogP contribution in [-0.2, 0) is 29.5 Å². The summed E-state index contributed by atoms with van der Waals surface area (Å²) >= 11 is 1.23. The highest BCUT2D eigenvalue weighted by atomic mass is 32.1. The summed E-state index contributed by atoms with van der Waals surface area (Å²) in [4.78, 5) is 24.6. The number of ether oxygens (including phenoxy) is 2. The van der Waals surface area contributed by atoms with Crippen LogP contribution in [0.4, 0.5) is 13.2 Å². The minimum atomic E-state index is -4.35. The highest BCUT2D eigenvalue weighted by molar-refractivity contribution is 7.56. The van der Waals surface area contributed by atoms with Crippen LogP contribution in [-0.4, -0.2) is 44.0 Å². The number of carbonyl (C=O) groups excluding carboxylic acids is 2. The first kappa shape index (κ1) is 29.0. The molecule has 1 heterocycles. The molecule has 0 fully saturated rings. The normalized spacial score (nSPS) is 14.3. The number of hydrogen-bond acceptors (Lipinski definition) is 7. The highest BCUT2D eigenvalue weighted by Gasteiger charge is 2.31. The summed E-state index contributed by atoms with van der Waals surface area (Å²) in [6, 6.07) is 5.79. The molecular formula is C23H29F3NO6PS. The van der Waals surface area contributed by atoms with Gasteiger partial charge in [0.1, 0.15) is 17.5 Å². The van der Waals surface area contributed by atoms with Crippen molar-refractivity contribution in [3.05, 3.63) is 47.4 Å². The largest absolute Gasteiger partial charge is 0.465 e. The van der Waals surface area contributed by atoms with E-state index in [1.54, 1.807) is 24.3 Å². The number of nitrogens with one attached hydrogen (secondary N) is 1. The minimum Gasteiger partial charge on any atom is -0.465 e. The van der Waals surface area contributed by atoms with Gasteiger partial charge in [-0.05, 0) is 48.9 Å². The van der Waals surface area contributed by atoms with Gasteiger partial charge in [-0.3, -0.25) is 9.36 Å². The molecule has 2 rings (SSSR count). The van der Waals surface area contributed by atoms with Gasteiger partial charge < -0.3 is 14.0 Å². The zero-order chi connectivity index (χ0) is 26.1. The van der Waals surface area contributed by atoms with Crippen LogP contribution in [0.5, 0.6) is 0 Å². The van der Waals surface area contributed by atoms with Crippen molar-refractivity contribution in [2.75, 3.05) is 19.8 Å². The zero-order valence-electron chi connectivity index (χ0n) is 19.6.